The molecule has 0 aliphatic rings. The van der Waals surface area contributed by atoms with E-state index in [1.54, 1.807) is 0 Å². The predicted molar refractivity (Wildman–Crippen MR) is 87.1 cm³/mol. The molecular weight excluding hydrogens is 320 g/mol. The molecule has 1 atom stereocenters. The van der Waals surface area contributed by atoms with Crippen LogP contribution in [-0.4, -0.2) is 0 Å². The fourth-order valence-corrected chi connectivity index (χ4v) is 2.93. The molecule has 0 unspecified atom stereocenters. The van der Waals surface area contributed by atoms with Crippen molar-refractivity contribution in [2.45, 2.75) is 32.6 Å². The summed E-state index contributed by atoms with van der Waals surface area (Å²) in [6.07, 6.45) is 2.20. The zero-order valence-electron chi connectivity index (χ0n) is 11.3. The zero-order chi connectivity index (χ0) is 13.8. The van der Waals surface area contributed by atoms with E-state index in [9.17, 15) is 0 Å². The molecule has 0 bridgehead atoms. The number of rotatable bonds is 4. The average molecular weight is 338 g/mol. The van der Waals surface area contributed by atoms with Crippen LogP contribution in [0.2, 0.25) is 5.02 Å². The van der Waals surface area contributed by atoms with Crippen molar-refractivity contribution in [2.75, 3.05) is 0 Å². The third kappa shape index (κ3) is 3.84. The Morgan fingerprint density at radius 2 is 1.95 bits per heavy atom. The molecule has 0 aliphatic heterocycles. The maximum atomic E-state index is 6.10. The van der Waals surface area contributed by atoms with Gasteiger partial charge >= 0.3 is 0 Å². The molecular formula is C17H18BrCl. The summed E-state index contributed by atoms with van der Waals surface area (Å²) in [5, 5.41) is 0.848. The normalized spacial score (nSPS) is 12.4. The van der Waals surface area contributed by atoms with Crippen LogP contribution in [0.4, 0.5) is 0 Å². The molecule has 0 nitrogen and oxygen atoms in total. The van der Waals surface area contributed by atoms with E-state index in [0.29, 0.717) is 5.92 Å². The van der Waals surface area contributed by atoms with Crippen molar-refractivity contribution < 1.29 is 0 Å². The molecule has 2 aromatic carbocycles. The van der Waals surface area contributed by atoms with Crippen molar-refractivity contribution in [3.05, 3.63) is 68.7 Å². The first kappa shape index (κ1) is 14.6. The molecule has 2 heteroatoms. The van der Waals surface area contributed by atoms with E-state index >= 15 is 0 Å². The standard InChI is InChI=1S/C17H18BrCl/c1-3-14(10-13-5-4-6-16(18)11-13)15-7-8-17(19)12(2)9-15/h4-9,11,14H,3,10H2,1-2H3/t14-/m0/s1. The van der Waals surface area contributed by atoms with E-state index in [2.05, 4.69) is 66.2 Å². The lowest BCUT2D eigenvalue weighted by molar-refractivity contribution is 0.659. The summed E-state index contributed by atoms with van der Waals surface area (Å²) >= 11 is 9.64. The van der Waals surface area contributed by atoms with Gasteiger partial charge in [-0.05, 0) is 60.6 Å². The van der Waals surface area contributed by atoms with Crippen LogP contribution in [0.3, 0.4) is 0 Å². The van der Waals surface area contributed by atoms with Crippen molar-refractivity contribution in [3.63, 3.8) is 0 Å². The van der Waals surface area contributed by atoms with Crippen LogP contribution >= 0.6 is 27.5 Å². The quantitative estimate of drug-likeness (QED) is 0.628. The average Bonchev–Trinajstić information content (AvgIpc) is 2.39. The van der Waals surface area contributed by atoms with E-state index < -0.39 is 0 Å². The molecule has 2 aromatic rings. The van der Waals surface area contributed by atoms with Gasteiger partial charge in [-0.1, -0.05) is 58.7 Å². The largest absolute Gasteiger partial charge is 0.0841 e. The van der Waals surface area contributed by atoms with Crippen molar-refractivity contribution in [3.8, 4) is 0 Å². The maximum Gasteiger partial charge on any atom is 0.0435 e. The van der Waals surface area contributed by atoms with Gasteiger partial charge in [0.15, 0.2) is 0 Å². The molecule has 0 radical (unpaired) electrons. The van der Waals surface area contributed by atoms with Crippen molar-refractivity contribution in [1.29, 1.82) is 0 Å². The second-order valence-corrected chi connectivity index (χ2v) is 6.27. The molecule has 0 saturated heterocycles. The Morgan fingerprint density at radius 3 is 2.58 bits per heavy atom. The van der Waals surface area contributed by atoms with Gasteiger partial charge in [-0.15, -0.1) is 0 Å². The van der Waals surface area contributed by atoms with Gasteiger partial charge in [0.25, 0.3) is 0 Å². The van der Waals surface area contributed by atoms with E-state index in [0.717, 1.165) is 27.9 Å². The summed E-state index contributed by atoms with van der Waals surface area (Å²) in [4.78, 5) is 0. The van der Waals surface area contributed by atoms with E-state index in [-0.39, 0.29) is 0 Å². The van der Waals surface area contributed by atoms with Crippen molar-refractivity contribution in [1.82, 2.24) is 0 Å². The minimum Gasteiger partial charge on any atom is -0.0841 e. The van der Waals surface area contributed by atoms with Crippen LogP contribution in [-0.2, 0) is 6.42 Å². The predicted octanol–water partition coefficient (Wildman–Crippen LogP) is 6.15. The van der Waals surface area contributed by atoms with Gasteiger partial charge < -0.3 is 0 Å². The first-order valence-electron chi connectivity index (χ1n) is 6.60. The Bertz CT molecular complexity index is 563. The van der Waals surface area contributed by atoms with Gasteiger partial charge in [0, 0.05) is 9.50 Å². The molecule has 0 amide bonds. The summed E-state index contributed by atoms with van der Waals surface area (Å²) in [6.45, 7) is 4.31. The Kier molecular flexibility index (Phi) is 5.06. The highest BCUT2D eigenvalue weighted by Gasteiger charge is 2.11. The number of halogens is 2. The van der Waals surface area contributed by atoms with Gasteiger partial charge in [0.1, 0.15) is 0 Å². The Labute approximate surface area is 128 Å². The van der Waals surface area contributed by atoms with Crippen LogP contribution in [0.15, 0.2) is 46.9 Å². The summed E-state index contributed by atoms with van der Waals surface area (Å²) in [5.41, 5.74) is 3.91. The lowest BCUT2D eigenvalue weighted by atomic mass is 9.89. The van der Waals surface area contributed by atoms with Gasteiger partial charge in [-0.2, -0.15) is 0 Å². The lowest BCUT2D eigenvalue weighted by Gasteiger charge is -2.17. The van der Waals surface area contributed by atoms with Crippen LogP contribution in [0.25, 0.3) is 0 Å². The first-order valence-corrected chi connectivity index (χ1v) is 7.77. The lowest BCUT2D eigenvalue weighted by Crippen LogP contribution is -2.02. The second kappa shape index (κ2) is 6.58. The van der Waals surface area contributed by atoms with Gasteiger partial charge in [0.2, 0.25) is 0 Å². The summed E-state index contributed by atoms with van der Waals surface area (Å²) in [5.74, 6) is 0.547. The Balaban J connectivity index is 2.22. The first-order chi connectivity index (χ1) is 9.10. The summed E-state index contributed by atoms with van der Waals surface area (Å²) in [7, 11) is 0. The molecule has 0 saturated carbocycles. The molecule has 0 aliphatic carbocycles. The SMILES string of the molecule is CC[C@@H](Cc1cccc(Br)c1)c1ccc(Cl)c(C)c1. The van der Waals surface area contributed by atoms with Crippen LogP contribution < -0.4 is 0 Å². The highest BCUT2D eigenvalue weighted by Crippen LogP contribution is 2.28. The fourth-order valence-electron chi connectivity index (χ4n) is 2.37. The molecule has 19 heavy (non-hydrogen) atoms. The minimum absolute atomic E-state index is 0.547. The summed E-state index contributed by atoms with van der Waals surface area (Å²) in [6, 6.07) is 14.9. The van der Waals surface area contributed by atoms with Crippen LogP contribution in [0, 0.1) is 6.92 Å². The topological polar surface area (TPSA) is 0 Å². The van der Waals surface area contributed by atoms with Gasteiger partial charge in [0.05, 0.1) is 0 Å². The minimum atomic E-state index is 0.547. The Hall–Kier alpha value is -0.790. The summed E-state index contributed by atoms with van der Waals surface area (Å²) < 4.78 is 1.15. The number of aryl methyl sites for hydroxylation is 1. The molecule has 0 aromatic heterocycles. The van der Waals surface area contributed by atoms with E-state index in [1.807, 2.05) is 6.07 Å². The molecule has 0 heterocycles. The number of hydrogen-bond acceptors (Lipinski definition) is 0. The monoisotopic (exact) mass is 336 g/mol. The van der Waals surface area contributed by atoms with E-state index in [4.69, 9.17) is 11.6 Å². The highest BCUT2D eigenvalue weighted by molar-refractivity contribution is 9.10. The smallest absolute Gasteiger partial charge is 0.0435 e. The zero-order valence-corrected chi connectivity index (χ0v) is 13.6. The number of benzene rings is 2. The Morgan fingerprint density at radius 1 is 1.16 bits per heavy atom. The molecule has 0 N–H and O–H groups in total. The van der Waals surface area contributed by atoms with Crippen LogP contribution in [0.1, 0.15) is 36.0 Å². The van der Waals surface area contributed by atoms with Crippen molar-refractivity contribution >= 4 is 27.5 Å². The third-order valence-electron chi connectivity index (χ3n) is 3.52. The van der Waals surface area contributed by atoms with Gasteiger partial charge in [-0.25, -0.2) is 0 Å². The molecule has 2 rings (SSSR count). The maximum absolute atomic E-state index is 6.10. The highest BCUT2D eigenvalue weighted by atomic mass is 79.9. The van der Waals surface area contributed by atoms with Crippen molar-refractivity contribution in [2.24, 2.45) is 0 Å². The molecule has 100 valence electrons. The van der Waals surface area contributed by atoms with E-state index in [1.165, 1.54) is 11.1 Å². The molecule has 0 fully saturated rings. The second-order valence-electron chi connectivity index (χ2n) is 4.95. The van der Waals surface area contributed by atoms with Crippen LogP contribution in [0.5, 0.6) is 0 Å². The fraction of sp³-hybridized carbons (Fsp3) is 0.294. The third-order valence-corrected chi connectivity index (χ3v) is 4.43. The van der Waals surface area contributed by atoms with Gasteiger partial charge in [-0.3, -0.25) is 0 Å². The number of hydrogen-bond donors (Lipinski definition) is 0. The molecule has 0 spiro atoms.